The molecule has 0 radical (unpaired) electrons. The highest BCUT2D eigenvalue weighted by Gasteiger charge is 2.36. The molecule has 2 aromatic rings. The van der Waals surface area contributed by atoms with Crippen molar-refractivity contribution in [3.8, 4) is 5.75 Å². The minimum atomic E-state index is -0.527. The van der Waals surface area contributed by atoms with Crippen LogP contribution in [0, 0.1) is 6.92 Å². The summed E-state index contributed by atoms with van der Waals surface area (Å²) in [4.78, 5) is 39.4. The number of nitrogens with zero attached hydrogens (tertiary/aromatic N) is 1. The van der Waals surface area contributed by atoms with Gasteiger partial charge in [0.05, 0.1) is 4.91 Å². The van der Waals surface area contributed by atoms with Gasteiger partial charge in [0.2, 0.25) is 5.91 Å². The van der Waals surface area contributed by atoms with E-state index in [1.54, 1.807) is 24.3 Å². The standard InChI is InChI=1S/C27H31ClN2O4S/c1-15-8-9-17(28)13-20(15)29-22(31)14-30-24(33)21(35-25(30)34)12-16-10-18(26(2,3)4)23(32)19(11-16)27(5,6)7/h8-13,32H,14H2,1-7H3,(H,29,31)/b21-12-. The molecule has 1 fully saturated rings. The van der Waals surface area contributed by atoms with Crippen molar-refractivity contribution in [3.63, 3.8) is 0 Å². The number of rotatable bonds is 4. The topological polar surface area (TPSA) is 86.7 Å². The predicted octanol–water partition coefficient (Wildman–Crippen LogP) is 6.62. The van der Waals surface area contributed by atoms with Gasteiger partial charge in [-0.05, 0) is 71.0 Å². The molecule has 1 heterocycles. The Kier molecular flexibility index (Phi) is 7.44. The quantitative estimate of drug-likeness (QED) is 0.447. The molecule has 2 N–H and O–H groups in total. The zero-order valence-electron chi connectivity index (χ0n) is 21.1. The first-order valence-electron chi connectivity index (χ1n) is 11.3. The number of nitrogens with one attached hydrogen (secondary N) is 1. The molecule has 0 saturated carbocycles. The second-order valence-electron chi connectivity index (χ2n) is 10.7. The fraction of sp³-hybridized carbons (Fsp3) is 0.370. The van der Waals surface area contributed by atoms with Crippen LogP contribution in [0.2, 0.25) is 5.02 Å². The van der Waals surface area contributed by atoms with Crippen molar-refractivity contribution in [2.75, 3.05) is 11.9 Å². The van der Waals surface area contributed by atoms with Gasteiger partial charge in [0.25, 0.3) is 11.1 Å². The number of carbonyl (C=O) groups is 3. The second kappa shape index (κ2) is 9.70. The molecule has 2 aromatic carbocycles. The van der Waals surface area contributed by atoms with Crippen LogP contribution in [0.1, 0.15) is 63.8 Å². The molecule has 186 valence electrons. The van der Waals surface area contributed by atoms with Crippen LogP contribution in [0.5, 0.6) is 5.75 Å². The summed E-state index contributed by atoms with van der Waals surface area (Å²) in [5.41, 5.74) is 2.90. The SMILES string of the molecule is Cc1ccc(Cl)cc1NC(=O)CN1C(=O)S/C(=C\c2cc(C(C)(C)C)c(O)c(C(C)(C)C)c2)C1=O. The Morgan fingerprint density at radius 2 is 1.63 bits per heavy atom. The Hall–Kier alpha value is -2.77. The predicted molar refractivity (Wildman–Crippen MR) is 143 cm³/mol. The zero-order chi connectivity index (χ0) is 26.3. The molecule has 35 heavy (non-hydrogen) atoms. The van der Waals surface area contributed by atoms with Gasteiger partial charge in [-0.15, -0.1) is 0 Å². The van der Waals surface area contributed by atoms with E-state index in [9.17, 15) is 19.5 Å². The van der Waals surface area contributed by atoms with Crippen LogP contribution in [0.3, 0.4) is 0 Å². The average Bonchev–Trinajstić information content (AvgIpc) is 2.97. The lowest BCUT2D eigenvalue weighted by atomic mass is 9.78. The molecule has 8 heteroatoms. The molecule has 0 atom stereocenters. The average molecular weight is 515 g/mol. The number of imide groups is 1. The minimum absolute atomic E-state index is 0.229. The van der Waals surface area contributed by atoms with Gasteiger partial charge >= 0.3 is 0 Å². The summed E-state index contributed by atoms with van der Waals surface area (Å²) in [6.45, 7) is 13.5. The molecular formula is C27H31ClN2O4S. The summed E-state index contributed by atoms with van der Waals surface area (Å²) in [7, 11) is 0. The van der Waals surface area contributed by atoms with Crippen molar-refractivity contribution in [3.05, 3.63) is 62.5 Å². The molecule has 0 aliphatic carbocycles. The highest BCUT2D eigenvalue weighted by molar-refractivity contribution is 8.18. The Balaban J connectivity index is 1.88. The number of hydrogen-bond acceptors (Lipinski definition) is 5. The summed E-state index contributed by atoms with van der Waals surface area (Å²) in [6, 6.07) is 8.79. The summed E-state index contributed by atoms with van der Waals surface area (Å²) in [6.07, 6.45) is 1.65. The van der Waals surface area contributed by atoms with Crippen molar-refractivity contribution in [1.82, 2.24) is 4.90 Å². The van der Waals surface area contributed by atoms with E-state index in [0.717, 1.165) is 33.4 Å². The first-order chi connectivity index (χ1) is 16.1. The number of phenols is 1. The van der Waals surface area contributed by atoms with Crippen molar-refractivity contribution >= 4 is 52.2 Å². The second-order valence-corrected chi connectivity index (χ2v) is 12.2. The fourth-order valence-electron chi connectivity index (χ4n) is 3.73. The van der Waals surface area contributed by atoms with Crippen molar-refractivity contribution in [2.45, 2.75) is 59.3 Å². The third-order valence-corrected chi connectivity index (χ3v) is 6.84. The van der Waals surface area contributed by atoms with Gasteiger partial charge in [-0.3, -0.25) is 19.3 Å². The number of hydrogen-bond donors (Lipinski definition) is 2. The number of aryl methyl sites for hydroxylation is 1. The van der Waals surface area contributed by atoms with Gasteiger partial charge in [-0.2, -0.15) is 0 Å². The van der Waals surface area contributed by atoms with E-state index in [0.29, 0.717) is 16.3 Å². The summed E-state index contributed by atoms with van der Waals surface area (Å²) in [5, 5.41) is 13.6. The number of benzene rings is 2. The van der Waals surface area contributed by atoms with E-state index in [2.05, 4.69) is 5.32 Å². The lowest BCUT2D eigenvalue weighted by Gasteiger charge is -2.28. The van der Waals surface area contributed by atoms with Crippen LogP contribution in [-0.2, 0) is 20.4 Å². The molecule has 3 rings (SSSR count). The number of anilines is 1. The number of carbonyl (C=O) groups excluding carboxylic acids is 3. The van der Waals surface area contributed by atoms with E-state index >= 15 is 0 Å². The monoisotopic (exact) mass is 514 g/mol. The zero-order valence-corrected chi connectivity index (χ0v) is 22.6. The normalized spacial score (nSPS) is 15.8. The largest absolute Gasteiger partial charge is 0.507 e. The van der Waals surface area contributed by atoms with E-state index in [-0.39, 0.29) is 21.5 Å². The number of amides is 3. The molecule has 0 unspecified atom stereocenters. The first kappa shape index (κ1) is 26.8. The summed E-state index contributed by atoms with van der Waals surface area (Å²) >= 11 is 6.80. The third kappa shape index (κ3) is 6.08. The maximum Gasteiger partial charge on any atom is 0.294 e. The van der Waals surface area contributed by atoms with E-state index in [1.807, 2.05) is 60.6 Å². The van der Waals surface area contributed by atoms with Crippen LogP contribution < -0.4 is 5.32 Å². The Morgan fingerprint density at radius 1 is 1.06 bits per heavy atom. The van der Waals surface area contributed by atoms with Gasteiger partial charge in [-0.25, -0.2) is 0 Å². The first-order valence-corrected chi connectivity index (χ1v) is 12.5. The van der Waals surface area contributed by atoms with E-state index in [1.165, 1.54) is 0 Å². The Labute approximate surface area is 215 Å². The van der Waals surface area contributed by atoms with Gasteiger partial charge in [0.1, 0.15) is 12.3 Å². The molecular weight excluding hydrogens is 484 g/mol. The van der Waals surface area contributed by atoms with Crippen LogP contribution in [0.4, 0.5) is 10.5 Å². The van der Waals surface area contributed by atoms with E-state index < -0.39 is 23.6 Å². The van der Waals surface area contributed by atoms with Crippen LogP contribution >= 0.6 is 23.4 Å². The van der Waals surface area contributed by atoms with Crippen LogP contribution in [0.15, 0.2) is 35.2 Å². The maximum atomic E-state index is 13.0. The Bertz CT molecular complexity index is 1200. The van der Waals surface area contributed by atoms with Crippen LogP contribution in [-0.4, -0.2) is 33.6 Å². The lowest BCUT2D eigenvalue weighted by molar-refractivity contribution is -0.127. The summed E-state index contributed by atoms with van der Waals surface area (Å²) < 4.78 is 0. The van der Waals surface area contributed by atoms with Crippen molar-refractivity contribution in [2.24, 2.45) is 0 Å². The molecule has 0 aromatic heterocycles. The van der Waals surface area contributed by atoms with Gasteiger partial charge in [0.15, 0.2) is 0 Å². The fourth-order valence-corrected chi connectivity index (χ4v) is 4.74. The van der Waals surface area contributed by atoms with Crippen molar-refractivity contribution < 1.29 is 19.5 Å². The van der Waals surface area contributed by atoms with Gasteiger partial charge < -0.3 is 10.4 Å². The number of phenolic OH excluding ortho intramolecular Hbond substituents is 1. The molecule has 0 spiro atoms. The Morgan fingerprint density at radius 3 is 2.17 bits per heavy atom. The summed E-state index contributed by atoms with van der Waals surface area (Å²) in [5.74, 6) is -0.780. The molecule has 6 nitrogen and oxygen atoms in total. The number of aromatic hydroxyl groups is 1. The van der Waals surface area contributed by atoms with Gasteiger partial charge in [0, 0.05) is 21.8 Å². The van der Waals surface area contributed by atoms with Crippen LogP contribution in [0.25, 0.3) is 6.08 Å². The third-order valence-electron chi connectivity index (χ3n) is 5.70. The molecule has 1 saturated heterocycles. The van der Waals surface area contributed by atoms with Crippen molar-refractivity contribution in [1.29, 1.82) is 0 Å². The molecule has 1 aliphatic rings. The number of thioether (sulfide) groups is 1. The molecule has 1 aliphatic heterocycles. The lowest BCUT2D eigenvalue weighted by Crippen LogP contribution is -2.36. The van der Waals surface area contributed by atoms with E-state index in [4.69, 9.17) is 11.6 Å². The molecule has 3 amide bonds. The highest BCUT2D eigenvalue weighted by Crippen LogP contribution is 2.41. The maximum absolute atomic E-state index is 13.0. The molecule has 0 bridgehead atoms. The minimum Gasteiger partial charge on any atom is -0.507 e. The highest BCUT2D eigenvalue weighted by atomic mass is 35.5. The smallest absolute Gasteiger partial charge is 0.294 e. The number of halogens is 1. The van der Waals surface area contributed by atoms with Gasteiger partial charge in [-0.1, -0.05) is 59.2 Å².